The molecule has 1 unspecified atom stereocenters. The van der Waals surface area contributed by atoms with Crippen LogP contribution < -0.4 is 0 Å². The third-order valence-corrected chi connectivity index (χ3v) is 5.81. The van der Waals surface area contributed by atoms with Gasteiger partial charge in [-0.25, -0.2) is 0 Å². The molecule has 0 aliphatic rings. The van der Waals surface area contributed by atoms with Crippen LogP contribution in [0.15, 0.2) is 0 Å². The lowest BCUT2D eigenvalue weighted by molar-refractivity contribution is 0.0546. The van der Waals surface area contributed by atoms with E-state index in [-0.39, 0.29) is 0 Å². The second kappa shape index (κ2) is 9.38. The second-order valence-electron chi connectivity index (χ2n) is 7.58. The highest BCUT2D eigenvalue weighted by Crippen LogP contribution is 2.47. The molecule has 1 atom stereocenters. The fourth-order valence-corrected chi connectivity index (χ4v) is 3.64. The van der Waals surface area contributed by atoms with Crippen molar-refractivity contribution < 1.29 is 0 Å². The maximum atomic E-state index is 2.84. The van der Waals surface area contributed by atoms with Crippen LogP contribution in [0.25, 0.3) is 0 Å². The highest BCUT2D eigenvalue weighted by Gasteiger charge is 2.37. The van der Waals surface area contributed by atoms with Crippen LogP contribution in [0.1, 0.15) is 92.9 Å². The van der Waals surface area contributed by atoms with E-state index in [9.17, 15) is 0 Å². The summed E-state index contributed by atoms with van der Waals surface area (Å²) in [4.78, 5) is 0. The average Bonchev–Trinajstić information content (AvgIpc) is 2.37. The van der Waals surface area contributed by atoms with Crippen LogP contribution in [-0.2, 0) is 0 Å². The summed E-state index contributed by atoms with van der Waals surface area (Å²) >= 11 is 0. The molecule has 0 N–H and O–H groups in total. The van der Waals surface area contributed by atoms with Crippen LogP contribution in [0.2, 0.25) is 0 Å². The quantitative estimate of drug-likeness (QED) is 0.293. The normalized spacial score (nSPS) is 13.3. The van der Waals surface area contributed by atoms with E-state index >= 15 is 0 Å². The van der Waals surface area contributed by atoms with Gasteiger partial charge < -0.3 is 0 Å². The van der Waals surface area contributed by atoms with Crippen molar-refractivity contribution in [3.63, 3.8) is 0 Å². The minimum atomic E-state index is 0.486. The first-order valence-corrected chi connectivity index (χ1v) is 9.33. The Hall–Kier alpha value is 0.430. The zero-order chi connectivity index (χ0) is 14.9. The number of rotatable bonds is 11. The van der Waals surface area contributed by atoms with Crippen LogP contribution in [0.5, 0.6) is 0 Å². The molecule has 0 aromatic rings. The van der Waals surface area contributed by atoms with Gasteiger partial charge in [-0.05, 0) is 35.8 Å². The van der Waals surface area contributed by atoms with E-state index in [0.717, 1.165) is 5.92 Å². The molecule has 0 fully saturated rings. The van der Waals surface area contributed by atoms with Crippen molar-refractivity contribution in [2.45, 2.75) is 92.9 Å². The number of hydrogen-bond donors (Lipinski definition) is 0. The topological polar surface area (TPSA) is 0 Å². The molecule has 0 aromatic heterocycles. The lowest BCUT2D eigenvalue weighted by Crippen LogP contribution is -2.35. The summed E-state index contributed by atoms with van der Waals surface area (Å²) in [6.07, 6.45) is 12.4. The molecule has 0 heterocycles. The zero-order valence-electron chi connectivity index (χ0n) is 14.5. The van der Waals surface area contributed by atoms with E-state index < -0.39 is 0 Å². The Balaban J connectivity index is 4.30. The van der Waals surface area contributed by atoms with Crippen molar-refractivity contribution in [3.8, 4) is 0 Å². The molecule has 0 aliphatic carbocycles. The Kier molecular flexibility index (Phi) is 9.59. The van der Waals surface area contributed by atoms with E-state index in [1.165, 1.54) is 57.5 Å². The van der Waals surface area contributed by atoms with Crippen LogP contribution in [0.4, 0.5) is 0 Å². The lowest BCUT2D eigenvalue weighted by atomic mass is 9.61. The third-order valence-electron chi connectivity index (χ3n) is 5.41. The van der Waals surface area contributed by atoms with Crippen molar-refractivity contribution in [2.24, 2.45) is 16.7 Å². The van der Waals surface area contributed by atoms with Gasteiger partial charge in [0.1, 0.15) is 0 Å². The molecule has 19 heavy (non-hydrogen) atoms. The molecular formula is C18H39P. The van der Waals surface area contributed by atoms with Gasteiger partial charge in [0.05, 0.1) is 0 Å². The largest absolute Gasteiger partial charge is 0.138 e. The predicted octanol–water partition coefficient (Wildman–Crippen LogP) is 6.69. The predicted molar refractivity (Wildman–Crippen MR) is 93.9 cm³/mol. The Morgan fingerprint density at radius 3 is 1.58 bits per heavy atom. The van der Waals surface area contributed by atoms with Crippen molar-refractivity contribution in [1.29, 1.82) is 0 Å². The molecule has 0 nitrogen and oxygen atoms in total. The lowest BCUT2D eigenvalue weighted by Gasteiger charge is -2.44. The first kappa shape index (κ1) is 19.4. The first-order valence-electron chi connectivity index (χ1n) is 8.52. The monoisotopic (exact) mass is 286 g/mol. The summed E-state index contributed by atoms with van der Waals surface area (Å²) < 4.78 is 0. The average molecular weight is 286 g/mol. The van der Waals surface area contributed by atoms with E-state index in [1.807, 2.05) is 0 Å². The highest BCUT2D eigenvalue weighted by atomic mass is 31.0. The standard InChI is InChI=1S/C18H39P/c1-7-17(3,4)16(18(5,6)8-2)14-12-10-9-11-13-15-19/h16H,7-15,19H2,1-6H3. The number of unbranched alkanes of at least 4 members (excludes halogenated alkanes) is 4. The Bertz CT molecular complexity index is 202. The van der Waals surface area contributed by atoms with E-state index in [0.29, 0.717) is 10.8 Å². The summed E-state index contributed by atoms with van der Waals surface area (Å²) in [5.74, 6) is 0.858. The molecule has 0 rings (SSSR count). The van der Waals surface area contributed by atoms with E-state index in [1.54, 1.807) is 0 Å². The van der Waals surface area contributed by atoms with Crippen molar-refractivity contribution in [2.75, 3.05) is 6.16 Å². The smallest absolute Gasteiger partial charge is 0.0311 e. The van der Waals surface area contributed by atoms with Crippen LogP contribution in [0, 0.1) is 16.7 Å². The van der Waals surface area contributed by atoms with Gasteiger partial charge in [0.15, 0.2) is 0 Å². The van der Waals surface area contributed by atoms with Gasteiger partial charge in [0.25, 0.3) is 0 Å². The Morgan fingerprint density at radius 1 is 0.737 bits per heavy atom. The third kappa shape index (κ3) is 7.12. The summed E-state index contributed by atoms with van der Waals surface area (Å²) in [5, 5.41) is 0. The molecule has 116 valence electrons. The van der Waals surface area contributed by atoms with Gasteiger partial charge in [0, 0.05) is 0 Å². The van der Waals surface area contributed by atoms with Gasteiger partial charge in [-0.15, -0.1) is 9.24 Å². The molecule has 0 saturated carbocycles. The second-order valence-corrected chi connectivity index (χ2v) is 8.16. The zero-order valence-corrected chi connectivity index (χ0v) is 15.7. The van der Waals surface area contributed by atoms with E-state index in [2.05, 4.69) is 50.8 Å². The molecule has 0 aromatic carbocycles. The van der Waals surface area contributed by atoms with Gasteiger partial charge in [-0.2, -0.15) is 0 Å². The SMILES string of the molecule is CCC(C)(C)C(CCCCCCCP)C(C)(C)CC. The molecule has 0 bridgehead atoms. The maximum absolute atomic E-state index is 2.84. The first-order chi connectivity index (χ1) is 8.81. The van der Waals surface area contributed by atoms with Crippen LogP contribution in [-0.4, -0.2) is 6.16 Å². The fourth-order valence-electron chi connectivity index (χ4n) is 3.36. The van der Waals surface area contributed by atoms with Gasteiger partial charge in [-0.1, -0.05) is 80.1 Å². The van der Waals surface area contributed by atoms with Crippen LogP contribution >= 0.6 is 9.24 Å². The van der Waals surface area contributed by atoms with Crippen molar-refractivity contribution in [3.05, 3.63) is 0 Å². The molecule has 1 heteroatoms. The summed E-state index contributed by atoms with van der Waals surface area (Å²) in [6.45, 7) is 14.6. The fraction of sp³-hybridized carbons (Fsp3) is 1.00. The maximum Gasteiger partial charge on any atom is -0.0311 e. The minimum absolute atomic E-state index is 0.486. The van der Waals surface area contributed by atoms with Crippen LogP contribution in [0.3, 0.4) is 0 Å². The van der Waals surface area contributed by atoms with Gasteiger partial charge in [0.2, 0.25) is 0 Å². The summed E-state index contributed by atoms with van der Waals surface area (Å²) in [6, 6.07) is 0. The Labute approximate surface area is 125 Å². The molecule has 0 aliphatic heterocycles. The van der Waals surface area contributed by atoms with Crippen molar-refractivity contribution >= 4 is 9.24 Å². The molecule has 0 radical (unpaired) electrons. The molecule has 0 amide bonds. The molecule has 0 spiro atoms. The summed E-state index contributed by atoms with van der Waals surface area (Å²) in [7, 11) is 2.84. The van der Waals surface area contributed by atoms with Gasteiger partial charge in [-0.3, -0.25) is 0 Å². The minimum Gasteiger partial charge on any atom is -0.138 e. The summed E-state index contributed by atoms with van der Waals surface area (Å²) in [5.41, 5.74) is 0.971. The number of hydrogen-bond acceptors (Lipinski definition) is 0. The van der Waals surface area contributed by atoms with Gasteiger partial charge >= 0.3 is 0 Å². The van der Waals surface area contributed by atoms with E-state index in [4.69, 9.17) is 0 Å². The van der Waals surface area contributed by atoms with Crippen molar-refractivity contribution in [1.82, 2.24) is 0 Å². The Morgan fingerprint density at radius 2 is 1.16 bits per heavy atom. The molecule has 0 saturated heterocycles. The molecular weight excluding hydrogens is 247 g/mol. The highest BCUT2D eigenvalue weighted by molar-refractivity contribution is 7.16.